The van der Waals surface area contributed by atoms with Crippen LogP contribution in [0.2, 0.25) is 0 Å². The summed E-state index contributed by atoms with van der Waals surface area (Å²) in [7, 11) is 3.41. The molecule has 21 heavy (non-hydrogen) atoms. The number of nitrogens with zero attached hydrogens (tertiary/aromatic N) is 1. The van der Waals surface area contributed by atoms with Crippen LogP contribution in [0.4, 0.5) is 0 Å². The van der Waals surface area contributed by atoms with Crippen molar-refractivity contribution in [3.05, 3.63) is 21.9 Å². The van der Waals surface area contributed by atoms with Gasteiger partial charge in [0.25, 0.3) is 0 Å². The van der Waals surface area contributed by atoms with Crippen molar-refractivity contribution in [2.45, 2.75) is 38.8 Å². The molecule has 1 amide bonds. The van der Waals surface area contributed by atoms with Gasteiger partial charge in [-0.3, -0.25) is 4.79 Å². The summed E-state index contributed by atoms with van der Waals surface area (Å²) in [6.07, 6.45) is 0.838. The van der Waals surface area contributed by atoms with Gasteiger partial charge in [0, 0.05) is 27.1 Å². The van der Waals surface area contributed by atoms with Gasteiger partial charge < -0.3 is 14.7 Å². The van der Waals surface area contributed by atoms with Crippen molar-refractivity contribution >= 4 is 17.2 Å². The molecular formula is C16H23NO3S. The Labute approximate surface area is 130 Å². The molecule has 4 nitrogen and oxygen atoms in total. The number of thiophene rings is 1. The van der Waals surface area contributed by atoms with Crippen molar-refractivity contribution < 1.29 is 14.6 Å². The van der Waals surface area contributed by atoms with Gasteiger partial charge in [-0.15, -0.1) is 11.3 Å². The predicted octanol–water partition coefficient (Wildman–Crippen LogP) is 2.26. The summed E-state index contributed by atoms with van der Waals surface area (Å²) in [5.41, 5.74) is 0.625. The summed E-state index contributed by atoms with van der Waals surface area (Å²) in [5, 5.41) is 10.7. The van der Waals surface area contributed by atoms with Crippen molar-refractivity contribution in [3.8, 4) is 11.8 Å². The van der Waals surface area contributed by atoms with Crippen molar-refractivity contribution in [3.63, 3.8) is 0 Å². The molecule has 0 aliphatic heterocycles. The first-order chi connectivity index (χ1) is 9.88. The normalized spacial score (nSPS) is 10.9. The highest BCUT2D eigenvalue weighted by atomic mass is 32.1. The molecule has 1 aromatic heterocycles. The molecule has 0 fully saturated rings. The number of aliphatic hydroxyl groups excluding tert-OH is 1. The van der Waals surface area contributed by atoms with E-state index in [1.54, 1.807) is 30.4 Å². The van der Waals surface area contributed by atoms with Gasteiger partial charge in [-0.1, -0.05) is 11.8 Å². The minimum absolute atomic E-state index is 0.0564. The summed E-state index contributed by atoms with van der Waals surface area (Å²) in [6.45, 7) is 4.45. The summed E-state index contributed by atoms with van der Waals surface area (Å²) < 4.78 is 5.28. The maximum Gasteiger partial charge on any atom is 0.225 e. The molecule has 1 heterocycles. The first kappa shape index (κ1) is 17.7. The lowest BCUT2D eigenvalue weighted by Crippen LogP contribution is -2.34. The van der Waals surface area contributed by atoms with Crippen LogP contribution in [-0.2, 0) is 16.1 Å². The summed E-state index contributed by atoms with van der Waals surface area (Å²) in [5.74, 6) is 5.95. The van der Waals surface area contributed by atoms with Crippen LogP contribution in [0, 0.1) is 11.8 Å². The monoisotopic (exact) mass is 309 g/mol. The smallest absolute Gasteiger partial charge is 0.225 e. The Balaban J connectivity index is 2.57. The van der Waals surface area contributed by atoms with E-state index in [1.807, 2.05) is 25.3 Å². The zero-order valence-corrected chi connectivity index (χ0v) is 13.9. The van der Waals surface area contributed by atoms with Gasteiger partial charge >= 0.3 is 0 Å². The molecule has 0 unspecified atom stereocenters. The summed E-state index contributed by atoms with van der Waals surface area (Å²) in [6, 6.07) is 1.99. The second kappa shape index (κ2) is 8.18. The van der Waals surface area contributed by atoms with Gasteiger partial charge in [0.1, 0.15) is 0 Å². The van der Waals surface area contributed by atoms with Crippen LogP contribution in [0.25, 0.3) is 0 Å². The zero-order chi connectivity index (χ0) is 15.9. The lowest BCUT2D eigenvalue weighted by atomic mass is 10.0. The number of aliphatic hydroxyl groups is 1. The Bertz CT molecular complexity index is 525. The van der Waals surface area contributed by atoms with Crippen LogP contribution < -0.4 is 0 Å². The third kappa shape index (κ3) is 6.30. The number of methoxy groups -OCH3 is 1. The van der Waals surface area contributed by atoms with E-state index in [2.05, 4.69) is 11.8 Å². The SMILES string of the molecule is COC(C)(C)CC(=O)N(C)Cc1csc(C#CCCO)c1. The van der Waals surface area contributed by atoms with E-state index >= 15 is 0 Å². The highest BCUT2D eigenvalue weighted by Gasteiger charge is 2.23. The molecule has 0 radical (unpaired) electrons. The first-order valence-corrected chi connectivity index (χ1v) is 7.72. The topological polar surface area (TPSA) is 49.8 Å². The molecule has 1 rings (SSSR count). The fourth-order valence-corrected chi connectivity index (χ4v) is 2.43. The van der Waals surface area contributed by atoms with E-state index in [4.69, 9.17) is 9.84 Å². The largest absolute Gasteiger partial charge is 0.395 e. The molecule has 1 aromatic rings. The highest BCUT2D eigenvalue weighted by molar-refractivity contribution is 7.10. The van der Waals surface area contributed by atoms with Crippen LogP contribution >= 0.6 is 11.3 Å². The molecule has 0 bridgehead atoms. The third-order valence-corrected chi connectivity index (χ3v) is 3.97. The number of amides is 1. The number of ether oxygens (including phenoxy) is 1. The van der Waals surface area contributed by atoms with Gasteiger partial charge in [0.2, 0.25) is 5.91 Å². The molecule has 0 atom stereocenters. The van der Waals surface area contributed by atoms with E-state index in [-0.39, 0.29) is 12.5 Å². The quantitative estimate of drug-likeness (QED) is 0.820. The lowest BCUT2D eigenvalue weighted by Gasteiger charge is -2.25. The number of carbonyl (C=O) groups excluding carboxylic acids is 1. The fourth-order valence-electron chi connectivity index (χ4n) is 1.66. The van der Waals surface area contributed by atoms with E-state index in [0.717, 1.165) is 10.4 Å². The molecule has 0 aromatic carbocycles. The third-order valence-electron chi connectivity index (χ3n) is 3.08. The zero-order valence-electron chi connectivity index (χ0n) is 13.1. The Hall–Kier alpha value is -1.35. The molecule has 116 valence electrons. The predicted molar refractivity (Wildman–Crippen MR) is 85.1 cm³/mol. The minimum atomic E-state index is -0.444. The van der Waals surface area contributed by atoms with Gasteiger partial charge in [-0.2, -0.15) is 0 Å². The Morgan fingerprint density at radius 1 is 1.52 bits per heavy atom. The highest BCUT2D eigenvalue weighted by Crippen LogP contribution is 2.18. The maximum atomic E-state index is 12.1. The molecule has 5 heteroatoms. The standard InChI is InChI=1S/C16H23NO3S/c1-16(2,20-4)10-15(19)17(3)11-13-9-14(21-12-13)7-5-6-8-18/h9,12,18H,6,8,10-11H2,1-4H3. The number of carbonyl (C=O) groups is 1. The molecule has 0 aliphatic carbocycles. The van der Waals surface area contributed by atoms with Gasteiger partial charge in [-0.05, 0) is 30.9 Å². The van der Waals surface area contributed by atoms with Gasteiger partial charge in [-0.25, -0.2) is 0 Å². The summed E-state index contributed by atoms with van der Waals surface area (Å²) in [4.78, 5) is 14.8. The van der Waals surface area contributed by atoms with Crippen molar-refractivity contribution in [2.24, 2.45) is 0 Å². The maximum absolute atomic E-state index is 12.1. The van der Waals surface area contributed by atoms with E-state index < -0.39 is 5.60 Å². The van der Waals surface area contributed by atoms with Crippen molar-refractivity contribution in [1.29, 1.82) is 0 Å². The van der Waals surface area contributed by atoms with Crippen molar-refractivity contribution in [2.75, 3.05) is 20.8 Å². The van der Waals surface area contributed by atoms with E-state index in [9.17, 15) is 4.79 Å². The van der Waals surface area contributed by atoms with Crippen LogP contribution in [0.1, 0.15) is 37.1 Å². The average Bonchev–Trinajstić information content (AvgIpc) is 2.86. The second-order valence-corrected chi connectivity index (χ2v) is 6.40. The lowest BCUT2D eigenvalue weighted by molar-refractivity contribution is -0.135. The van der Waals surface area contributed by atoms with Crippen molar-refractivity contribution in [1.82, 2.24) is 4.90 Å². The van der Waals surface area contributed by atoms with E-state index in [0.29, 0.717) is 19.4 Å². The van der Waals surface area contributed by atoms with Crippen LogP contribution in [0.5, 0.6) is 0 Å². The molecule has 0 spiro atoms. The number of rotatable bonds is 6. The average molecular weight is 309 g/mol. The van der Waals surface area contributed by atoms with Gasteiger partial charge in [0.15, 0.2) is 0 Å². The van der Waals surface area contributed by atoms with Crippen LogP contribution in [-0.4, -0.2) is 42.3 Å². The molecule has 0 aliphatic rings. The second-order valence-electron chi connectivity index (χ2n) is 5.48. The van der Waals surface area contributed by atoms with Gasteiger partial charge in [0.05, 0.1) is 23.5 Å². The number of hydrogen-bond acceptors (Lipinski definition) is 4. The Morgan fingerprint density at radius 3 is 2.86 bits per heavy atom. The molecule has 0 saturated heterocycles. The molecular weight excluding hydrogens is 286 g/mol. The van der Waals surface area contributed by atoms with Crippen LogP contribution in [0.15, 0.2) is 11.4 Å². The number of hydrogen-bond donors (Lipinski definition) is 1. The first-order valence-electron chi connectivity index (χ1n) is 6.84. The van der Waals surface area contributed by atoms with E-state index in [1.165, 1.54) is 0 Å². The Kier molecular flexibility index (Phi) is 6.90. The fraction of sp³-hybridized carbons (Fsp3) is 0.562. The van der Waals surface area contributed by atoms with Crippen LogP contribution in [0.3, 0.4) is 0 Å². The minimum Gasteiger partial charge on any atom is -0.395 e. The Morgan fingerprint density at radius 2 is 2.24 bits per heavy atom. The molecule has 0 saturated carbocycles. The summed E-state index contributed by atoms with van der Waals surface area (Å²) >= 11 is 1.55. The molecule has 1 N–H and O–H groups in total.